The summed E-state index contributed by atoms with van der Waals surface area (Å²) in [6.45, 7) is 3.27. The lowest BCUT2D eigenvalue weighted by molar-refractivity contribution is 0.369. The number of piperidine rings is 1. The summed E-state index contributed by atoms with van der Waals surface area (Å²) in [6.07, 6.45) is 4.53. The van der Waals surface area contributed by atoms with Crippen LogP contribution in [0.25, 0.3) is 0 Å². The van der Waals surface area contributed by atoms with Crippen molar-refractivity contribution in [2.24, 2.45) is 5.92 Å². The lowest BCUT2D eigenvalue weighted by Gasteiger charge is -2.23. The minimum atomic E-state index is 0.558. The number of nitrogens with one attached hydrogen (secondary N) is 1. The van der Waals surface area contributed by atoms with E-state index in [4.69, 9.17) is 0 Å². The van der Waals surface area contributed by atoms with Crippen LogP contribution >= 0.6 is 0 Å². The summed E-state index contributed by atoms with van der Waals surface area (Å²) in [6, 6.07) is 4.29. The molecule has 3 nitrogen and oxygen atoms in total. The number of benzene rings is 1. The zero-order valence-electron chi connectivity index (χ0n) is 11.1. The van der Waals surface area contributed by atoms with Gasteiger partial charge in [-0.3, -0.25) is 0 Å². The van der Waals surface area contributed by atoms with Crippen LogP contribution in [0.2, 0.25) is 0 Å². The predicted octanol–water partition coefficient (Wildman–Crippen LogP) is 1.93. The van der Waals surface area contributed by atoms with Gasteiger partial charge in [-0.15, -0.1) is 0 Å². The molecule has 0 bridgehead atoms. The molecule has 3 rings (SSSR count). The highest BCUT2D eigenvalue weighted by Gasteiger charge is 2.22. The normalized spacial score (nSPS) is 23.2. The molecular weight excluding hydrogens is 224 g/mol. The number of aromatic hydroxyl groups is 1. The fourth-order valence-corrected chi connectivity index (χ4v) is 3.25. The highest BCUT2D eigenvalue weighted by molar-refractivity contribution is 5.64. The van der Waals surface area contributed by atoms with Crippen LogP contribution in [0.3, 0.4) is 0 Å². The largest absolute Gasteiger partial charge is 0.507 e. The van der Waals surface area contributed by atoms with Crippen LogP contribution in [0.5, 0.6) is 5.75 Å². The van der Waals surface area contributed by atoms with Gasteiger partial charge in [0.2, 0.25) is 0 Å². The van der Waals surface area contributed by atoms with Crippen LogP contribution in [0.1, 0.15) is 24.0 Å². The molecule has 0 saturated carbocycles. The van der Waals surface area contributed by atoms with Crippen molar-refractivity contribution in [3.63, 3.8) is 0 Å². The lowest BCUT2D eigenvalue weighted by atomic mass is 9.91. The van der Waals surface area contributed by atoms with Crippen LogP contribution in [-0.4, -0.2) is 31.8 Å². The van der Waals surface area contributed by atoms with E-state index in [2.05, 4.69) is 29.4 Å². The standard InChI is InChI=1S/C15H22N2O/c1-17-8-6-13-14(17)5-4-12(15(13)18)9-11-3-2-7-16-10-11/h4-5,11,16,18H,2-3,6-10H2,1H3. The minimum absolute atomic E-state index is 0.558. The van der Waals surface area contributed by atoms with E-state index in [0.29, 0.717) is 11.7 Å². The number of hydrogen-bond acceptors (Lipinski definition) is 3. The van der Waals surface area contributed by atoms with Crippen molar-refractivity contribution in [3.05, 3.63) is 23.3 Å². The molecule has 1 unspecified atom stereocenters. The maximum Gasteiger partial charge on any atom is 0.124 e. The summed E-state index contributed by atoms with van der Waals surface area (Å²) in [5, 5.41) is 13.9. The quantitative estimate of drug-likeness (QED) is 0.837. The van der Waals surface area contributed by atoms with Crippen LogP contribution in [0, 0.1) is 5.92 Å². The second kappa shape index (κ2) is 4.81. The Morgan fingerprint density at radius 1 is 1.44 bits per heavy atom. The Hall–Kier alpha value is -1.22. The summed E-state index contributed by atoms with van der Waals surface area (Å²) in [7, 11) is 2.09. The van der Waals surface area contributed by atoms with Gasteiger partial charge in [0.05, 0.1) is 0 Å². The Kier molecular flexibility index (Phi) is 3.16. The summed E-state index contributed by atoms with van der Waals surface area (Å²) in [5.41, 5.74) is 3.49. The monoisotopic (exact) mass is 246 g/mol. The van der Waals surface area contributed by atoms with Gasteiger partial charge in [0.15, 0.2) is 0 Å². The SMILES string of the molecule is CN1CCc2c1ccc(CC1CCCNC1)c2O. The Morgan fingerprint density at radius 2 is 2.33 bits per heavy atom. The fourth-order valence-electron chi connectivity index (χ4n) is 3.25. The van der Waals surface area contributed by atoms with Crippen LogP contribution < -0.4 is 10.2 Å². The van der Waals surface area contributed by atoms with Crippen LogP contribution in [0.4, 0.5) is 5.69 Å². The highest BCUT2D eigenvalue weighted by atomic mass is 16.3. The third kappa shape index (κ3) is 2.07. The third-order valence-corrected chi connectivity index (χ3v) is 4.36. The maximum absolute atomic E-state index is 10.4. The minimum Gasteiger partial charge on any atom is -0.507 e. The highest BCUT2D eigenvalue weighted by Crippen LogP contribution is 2.37. The fraction of sp³-hybridized carbons (Fsp3) is 0.600. The molecule has 3 heteroatoms. The molecule has 2 aliphatic heterocycles. The van der Waals surface area contributed by atoms with E-state index in [1.165, 1.54) is 18.5 Å². The molecule has 1 aromatic rings. The van der Waals surface area contributed by atoms with Gasteiger partial charge in [-0.25, -0.2) is 0 Å². The van der Waals surface area contributed by atoms with Gasteiger partial charge in [0.1, 0.15) is 5.75 Å². The first-order valence-electron chi connectivity index (χ1n) is 7.01. The molecule has 1 saturated heterocycles. The molecule has 0 amide bonds. The number of nitrogens with zero attached hydrogens (tertiary/aromatic N) is 1. The Morgan fingerprint density at radius 3 is 3.11 bits per heavy atom. The van der Waals surface area contributed by atoms with E-state index in [0.717, 1.165) is 43.6 Å². The second-order valence-electron chi connectivity index (χ2n) is 5.66. The van der Waals surface area contributed by atoms with Crippen molar-refractivity contribution in [2.75, 3.05) is 31.6 Å². The number of phenols is 1. The molecule has 2 heterocycles. The molecule has 1 fully saturated rings. The zero-order valence-corrected chi connectivity index (χ0v) is 11.1. The number of anilines is 1. The number of phenolic OH excluding ortho intramolecular Hbond substituents is 1. The Balaban J connectivity index is 1.80. The molecule has 2 N–H and O–H groups in total. The Bertz CT molecular complexity index is 438. The van der Waals surface area contributed by atoms with E-state index in [1.54, 1.807) is 0 Å². The second-order valence-corrected chi connectivity index (χ2v) is 5.66. The van der Waals surface area contributed by atoms with Gasteiger partial charge < -0.3 is 15.3 Å². The first-order chi connectivity index (χ1) is 8.75. The predicted molar refractivity (Wildman–Crippen MR) is 74.4 cm³/mol. The average Bonchev–Trinajstić information content (AvgIpc) is 2.77. The summed E-state index contributed by atoms with van der Waals surface area (Å²) >= 11 is 0. The van der Waals surface area contributed by atoms with Crippen LogP contribution in [0.15, 0.2) is 12.1 Å². The summed E-state index contributed by atoms with van der Waals surface area (Å²) in [4.78, 5) is 2.22. The maximum atomic E-state index is 10.4. The number of rotatable bonds is 2. The molecule has 1 aromatic carbocycles. The first kappa shape index (κ1) is 11.8. The lowest BCUT2D eigenvalue weighted by Crippen LogP contribution is -2.30. The molecule has 0 radical (unpaired) electrons. The zero-order chi connectivity index (χ0) is 12.5. The summed E-state index contributed by atoms with van der Waals surface area (Å²) < 4.78 is 0. The smallest absolute Gasteiger partial charge is 0.124 e. The number of fused-ring (bicyclic) bond motifs is 1. The third-order valence-electron chi connectivity index (χ3n) is 4.36. The first-order valence-corrected chi connectivity index (χ1v) is 7.01. The molecule has 0 aromatic heterocycles. The number of hydrogen-bond donors (Lipinski definition) is 2. The van der Waals surface area contributed by atoms with E-state index in [9.17, 15) is 5.11 Å². The molecule has 0 aliphatic carbocycles. The van der Waals surface area contributed by atoms with Crippen molar-refractivity contribution in [2.45, 2.75) is 25.7 Å². The van der Waals surface area contributed by atoms with E-state index in [-0.39, 0.29) is 0 Å². The van der Waals surface area contributed by atoms with Crippen LogP contribution in [-0.2, 0) is 12.8 Å². The number of likely N-dealkylation sites (N-methyl/N-ethyl adjacent to an activating group) is 1. The van der Waals surface area contributed by atoms with Gasteiger partial charge in [-0.05, 0) is 56.3 Å². The van der Waals surface area contributed by atoms with Gasteiger partial charge >= 0.3 is 0 Å². The molecule has 18 heavy (non-hydrogen) atoms. The van der Waals surface area contributed by atoms with E-state index < -0.39 is 0 Å². The van der Waals surface area contributed by atoms with Crippen molar-refractivity contribution < 1.29 is 5.11 Å². The van der Waals surface area contributed by atoms with Gasteiger partial charge in [0.25, 0.3) is 0 Å². The molecular formula is C15H22N2O. The van der Waals surface area contributed by atoms with Gasteiger partial charge in [0, 0.05) is 24.8 Å². The average molecular weight is 246 g/mol. The van der Waals surface area contributed by atoms with E-state index in [1.807, 2.05) is 0 Å². The molecule has 2 aliphatic rings. The molecule has 0 spiro atoms. The van der Waals surface area contributed by atoms with Gasteiger partial charge in [-0.2, -0.15) is 0 Å². The van der Waals surface area contributed by atoms with Crippen molar-refractivity contribution in [1.82, 2.24) is 5.32 Å². The topological polar surface area (TPSA) is 35.5 Å². The van der Waals surface area contributed by atoms with Crippen molar-refractivity contribution >= 4 is 5.69 Å². The molecule has 98 valence electrons. The van der Waals surface area contributed by atoms with Gasteiger partial charge in [-0.1, -0.05) is 6.07 Å². The van der Waals surface area contributed by atoms with E-state index >= 15 is 0 Å². The molecule has 1 atom stereocenters. The summed E-state index contributed by atoms with van der Waals surface area (Å²) in [5.74, 6) is 1.24. The Labute approximate surface area is 109 Å². The van der Waals surface area contributed by atoms with Crippen molar-refractivity contribution in [3.8, 4) is 5.75 Å². The van der Waals surface area contributed by atoms with Crippen molar-refractivity contribution in [1.29, 1.82) is 0 Å².